The van der Waals surface area contributed by atoms with Crippen molar-refractivity contribution < 1.29 is 14.3 Å². The third kappa shape index (κ3) is 3.96. The molecule has 16 heavy (non-hydrogen) atoms. The average molecular weight is 219 g/mol. The number of nitrogens with one attached hydrogen (secondary N) is 1. The molecule has 0 atom stereocenters. The van der Waals surface area contributed by atoms with E-state index in [4.69, 9.17) is 4.74 Å². The van der Waals surface area contributed by atoms with Crippen LogP contribution in [0.15, 0.2) is 42.1 Å². The van der Waals surface area contributed by atoms with Gasteiger partial charge in [0.1, 0.15) is 0 Å². The molecule has 0 aliphatic rings. The number of carbonyl (C=O) groups is 2. The minimum absolute atomic E-state index is 0.171. The van der Waals surface area contributed by atoms with Gasteiger partial charge in [-0.1, -0.05) is 18.2 Å². The zero-order valence-corrected chi connectivity index (χ0v) is 8.97. The lowest BCUT2D eigenvalue weighted by Crippen LogP contribution is -2.07. The van der Waals surface area contributed by atoms with Crippen molar-refractivity contribution in [2.75, 3.05) is 11.9 Å². The van der Waals surface area contributed by atoms with Gasteiger partial charge in [-0.05, 0) is 19.1 Å². The van der Waals surface area contributed by atoms with Gasteiger partial charge in [0.2, 0.25) is 0 Å². The molecular formula is C12H13NO3. The summed E-state index contributed by atoms with van der Waals surface area (Å²) in [5.74, 6) is -0.534. The summed E-state index contributed by atoms with van der Waals surface area (Å²) in [6.07, 6.45) is 1.70. The third-order valence-electron chi connectivity index (χ3n) is 1.75. The van der Waals surface area contributed by atoms with Gasteiger partial charge < -0.3 is 10.1 Å². The highest BCUT2D eigenvalue weighted by Crippen LogP contribution is 2.07. The molecule has 0 heterocycles. The van der Waals surface area contributed by atoms with Crippen LogP contribution in [0.25, 0.3) is 0 Å². The molecule has 0 radical (unpaired) electrons. The maximum Gasteiger partial charge on any atom is 0.332 e. The van der Waals surface area contributed by atoms with Crippen molar-refractivity contribution in [2.45, 2.75) is 6.92 Å². The van der Waals surface area contributed by atoms with Crippen molar-refractivity contribution in [1.29, 1.82) is 0 Å². The second kappa shape index (κ2) is 6.40. The first-order valence-electron chi connectivity index (χ1n) is 4.92. The van der Waals surface area contributed by atoms with Crippen LogP contribution in [0.5, 0.6) is 0 Å². The van der Waals surface area contributed by atoms with E-state index >= 15 is 0 Å². The van der Waals surface area contributed by atoms with Crippen LogP contribution in [-0.2, 0) is 14.3 Å². The van der Waals surface area contributed by atoms with Gasteiger partial charge in [-0.3, -0.25) is 4.79 Å². The van der Waals surface area contributed by atoms with Gasteiger partial charge in [0, 0.05) is 5.69 Å². The van der Waals surface area contributed by atoms with E-state index in [1.54, 1.807) is 19.1 Å². The molecule has 0 bridgehead atoms. The van der Waals surface area contributed by atoms with E-state index in [1.165, 1.54) is 0 Å². The zero-order valence-electron chi connectivity index (χ0n) is 8.97. The summed E-state index contributed by atoms with van der Waals surface area (Å²) in [4.78, 5) is 21.8. The number of aldehydes is 1. The highest BCUT2D eigenvalue weighted by molar-refractivity contribution is 5.91. The van der Waals surface area contributed by atoms with Crippen molar-refractivity contribution in [3.8, 4) is 0 Å². The molecular weight excluding hydrogens is 206 g/mol. The van der Waals surface area contributed by atoms with Crippen LogP contribution in [0.4, 0.5) is 5.69 Å². The van der Waals surface area contributed by atoms with Crippen LogP contribution >= 0.6 is 0 Å². The molecule has 84 valence electrons. The van der Waals surface area contributed by atoms with Gasteiger partial charge in [-0.15, -0.1) is 0 Å². The number of para-hydroxylation sites is 1. The zero-order chi connectivity index (χ0) is 11.8. The van der Waals surface area contributed by atoms with Crippen LogP contribution in [0.1, 0.15) is 6.92 Å². The van der Waals surface area contributed by atoms with E-state index in [1.807, 2.05) is 18.2 Å². The third-order valence-corrected chi connectivity index (χ3v) is 1.75. The van der Waals surface area contributed by atoms with Crippen LogP contribution in [0.3, 0.4) is 0 Å². The lowest BCUT2D eigenvalue weighted by atomic mass is 10.3. The molecule has 0 unspecified atom stereocenters. The fraction of sp³-hybridized carbons (Fsp3) is 0.167. The standard InChI is InChI=1S/C12H13NO3/c1-2-16-12(15)8-11(9-14)13-10-6-4-3-5-7-10/h3-9,13H,2H2,1H3/b11-8+. The summed E-state index contributed by atoms with van der Waals surface area (Å²) < 4.78 is 4.70. The number of ether oxygens (including phenoxy) is 1. The minimum atomic E-state index is -0.534. The van der Waals surface area contributed by atoms with Gasteiger partial charge in [0.05, 0.1) is 18.4 Å². The SMILES string of the molecule is CCOC(=O)/C=C(\C=O)Nc1ccccc1. The largest absolute Gasteiger partial charge is 0.463 e. The summed E-state index contributed by atoms with van der Waals surface area (Å²) in [5.41, 5.74) is 0.912. The molecule has 0 saturated heterocycles. The van der Waals surface area contributed by atoms with Crippen LogP contribution in [0, 0.1) is 0 Å². The lowest BCUT2D eigenvalue weighted by Gasteiger charge is -2.04. The smallest absolute Gasteiger partial charge is 0.332 e. The summed E-state index contributed by atoms with van der Waals surface area (Å²) in [7, 11) is 0. The predicted octanol–water partition coefficient (Wildman–Crippen LogP) is 1.74. The first kappa shape index (κ1) is 12.0. The summed E-state index contributed by atoms with van der Waals surface area (Å²) in [5, 5.41) is 2.81. The molecule has 0 aliphatic heterocycles. The van der Waals surface area contributed by atoms with E-state index in [9.17, 15) is 9.59 Å². The Morgan fingerprint density at radius 3 is 2.62 bits per heavy atom. The maximum absolute atomic E-state index is 11.1. The number of rotatable bonds is 5. The van der Waals surface area contributed by atoms with Gasteiger partial charge >= 0.3 is 5.97 Å². The number of hydrogen-bond acceptors (Lipinski definition) is 4. The van der Waals surface area contributed by atoms with Crippen LogP contribution in [-0.4, -0.2) is 18.9 Å². The summed E-state index contributed by atoms with van der Waals surface area (Å²) >= 11 is 0. The summed E-state index contributed by atoms with van der Waals surface area (Å²) in [6.45, 7) is 1.99. The Balaban J connectivity index is 2.69. The quantitative estimate of drug-likeness (QED) is 0.465. The first-order valence-corrected chi connectivity index (χ1v) is 4.92. The second-order valence-corrected chi connectivity index (χ2v) is 2.96. The van der Waals surface area contributed by atoms with E-state index in [0.717, 1.165) is 11.8 Å². The highest BCUT2D eigenvalue weighted by Gasteiger charge is 2.01. The van der Waals surface area contributed by atoms with Crippen molar-refractivity contribution in [1.82, 2.24) is 0 Å². The van der Waals surface area contributed by atoms with E-state index in [-0.39, 0.29) is 12.3 Å². The minimum Gasteiger partial charge on any atom is -0.463 e. The number of benzene rings is 1. The number of carbonyl (C=O) groups excluding carboxylic acids is 2. The maximum atomic E-state index is 11.1. The number of esters is 1. The highest BCUT2D eigenvalue weighted by atomic mass is 16.5. The Bertz CT molecular complexity index is 385. The van der Waals surface area contributed by atoms with Crippen molar-refractivity contribution >= 4 is 17.9 Å². The van der Waals surface area contributed by atoms with Crippen LogP contribution in [0.2, 0.25) is 0 Å². The second-order valence-electron chi connectivity index (χ2n) is 2.96. The Hall–Kier alpha value is -2.10. The van der Waals surface area contributed by atoms with Crippen LogP contribution < -0.4 is 5.32 Å². The van der Waals surface area contributed by atoms with E-state index in [0.29, 0.717) is 6.29 Å². The molecule has 0 fully saturated rings. The average Bonchev–Trinajstić information content (AvgIpc) is 2.30. The van der Waals surface area contributed by atoms with Crippen molar-refractivity contribution in [3.05, 3.63) is 42.1 Å². The first-order chi connectivity index (χ1) is 7.76. The topological polar surface area (TPSA) is 55.4 Å². The van der Waals surface area contributed by atoms with E-state index < -0.39 is 5.97 Å². The number of hydrogen-bond donors (Lipinski definition) is 1. The van der Waals surface area contributed by atoms with E-state index in [2.05, 4.69) is 5.32 Å². The Morgan fingerprint density at radius 2 is 2.06 bits per heavy atom. The van der Waals surface area contributed by atoms with Crippen molar-refractivity contribution in [3.63, 3.8) is 0 Å². The predicted molar refractivity (Wildman–Crippen MR) is 60.8 cm³/mol. The lowest BCUT2D eigenvalue weighted by molar-refractivity contribution is -0.137. The fourth-order valence-electron chi connectivity index (χ4n) is 1.10. The summed E-state index contributed by atoms with van der Waals surface area (Å²) in [6, 6.07) is 9.11. The Labute approximate surface area is 93.9 Å². The normalized spacial score (nSPS) is 10.7. The van der Waals surface area contributed by atoms with Gasteiger partial charge in [0.25, 0.3) is 0 Å². The molecule has 0 saturated carbocycles. The van der Waals surface area contributed by atoms with Gasteiger partial charge in [-0.25, -0.2) is 4.79 Å². The molecule has 1 aromatic carbocycles. The molecule has 4 heteroatoms. The number of allylic oxidation sites excluding steroid dienone is 1. The van der Waals surface area contributed by atoms with Gasteiger partial charge in [0.15, 0.2) is 6.29 Å². The monoisotopic (exact) mass is 219 g/mol. The number of anilines is 1. The molecule has 0 aliphatic carbocycles. The molecule has 1 N–H and O–H groups in total. The molecule has 4 nitrogen and oxygen atoms in total. The van der Waals surface area contributed by atoms with Crippen molar-refractivity contribution in [2.24, 2.45) is 0 Å². The Kier molecular flexibility index (Phi) is 4.79. The molecule has 0 amide bonds. The molecule has 1 aromatic rings. The fourth-order valence-corrected chi connectivity index (χ4v) is 1.10. The molecule has 1 rings (SSSR count). The molecule has 0 spiro atoms. The Morgan fingerprint density at radius 1 is 1.38 bits per heavy atom. The molecule has 0 aromatic heterocycles. The van der Waals surface area contributed by atoms with Gasteiger partial charge in [-0.2, -0.15) is 0 Å².